The molecule has 0 unspecified atom stereocenters. The maximum Gasteiger partial charge on any atom is 0.320 e. The van der Waals surface area contributed by atoms with Crippen molar-refractivity contribution in [3.63, 3.8) is 0 Å². The topological polar surface area (TPSA) is 77.3 Å². The molecule has 3 rings (SSSR count). The molecule has 0 saturated carbocycles. The fourth-order valence-electron chi connectivity index (χ4n) is 3.04. The van der Waals surface area contributed by atoms with E-state index in [4.69, 9.17) is 4.42 Å². The Labute approximate surface area is 140 Å². The van der Waals surface area contributed by atoms with E-state index in [1.54, 1.807) is 38.8 Å². The van der Waals surface area contributed by atoms with Crippen molar-refractivity contribution in [3.8, 4) is 0 Å². The van der Waals surface area contributed by atoms with Crippen molar-refractivity contribution in [2.24, 2.45) is 0 Å². The van der Waals surface area contributed by atoms with Crippen LogP contribution in [-0.2, 0) is 4.79 Å². The number of carbonyl (C=O) groups is 3. The highest BCUT2D eigenvalue weighted by Gasteiger charge is 2.30. The molecule has 130 valence electrons. The van der Waals surface area contributed by atoms with Crippen LogP contribution in [0.5, 0.6) is 0 Å². The quantitative estimate of drug-likeness (QED) is 0.798. The van der Waals surface area contributed by atoms with Gasteiger partial charge in [-0.05, 0) is 18.6 Å². The van der Waals surface area contributed by atoms with Gasteiger partial charge in [0.25, 0.3) is 5.91 Å². The molecule has 0 spiro atoms. The van der Waals surface area contributed by atoms with E-state index in [0.717, 1.165) is 0 Å². The lowest BCUT2D eigenvalue weighted by molar-refractivity contribution is -0.131. The Balaban J connectivity index is 1.54. The van der Waals surface area contributed by atoms with Crippen LogP contribution in [0.2, 0.25) is 0 Å². The van der Waals surface area contributed by atoms with E-state index in [9.17, 15) is 14.4 Å². The molecule has 4 amide bonds. The molecule has 0 aromatic carbocycles. The Morgan fingerprint density at radius 2 is 1.83 bits per heavy atom. The molecule has 0 bridgehead atoms. The number of hydrogen-bond donors (Lipinski definition) is 0. The van der Waals surface area contributed by atoms with Crippen LogP contribution in [0.1, 0.15) is 17.0 Å². The molecule has 3 heterocycles. The third-order valence-corrected chi connectivity index (χ3v) is 4.50. The summed E-state index contributed by atoms with van der Waals surface area (Å²) in [5.41, 5.74) is 0. The SMILES string of the molecule is CN1CCN(CC(=O)N2CCCN(C(=O)c3ccco3)CC2)C1=O. The van der Waals surface area contributed by atoms with Crippen molar-refractivity contribution in [2.75, 3.05) is 52.9 Å². The van der Waals surface area contributed by atoms with E-state index in [1.165, 1.54) is 6.26 Å². The lowest BCUT2D eigenvalue weighted by Gasteiger charge is -2.24. The minimum atomic E-state index is -0.148. The van der Waals surface area contributed by atoms with Gasteiger partial charge in [-0.25, -0.2) is 4.79 Å². The summed E-state index contributed by atoms with van der Waals surface area (Å²) in [6.07, 6.45) is 2.19. The highest BCUT2D eigenvalue weighted by molar-refractivity contribution is 5.91. The van der Waals surface area contributed by atoms with E-state index in [-0.39, 0.29) is 24.4 Å². The Bertz CT molecular complexity index is 616. The molecular weight excluding hydrogens is 312 g/mol. The average molecular weight is 334 g/mol. The minimum Gasteiger partial charge on any atom is -0.459 e. The fourth-order valence-corrected chi connectivity index (χ4v) is 3.04. The molecule has 1 aromatic heterocycles. The smallest absolute Gasteiger partial charge is 0.320 e. The molecule has 1 aromatic rings. The van der Waals surface area contributed by atoms with Gasteiger partial charge in [0.2, 0.25) is 5.91 Å². The summed E-state index contributed by atoms with van der Waals surface area (Å²) in [6, 6.07) is 3.23. The summed E-state index contributed by atoms with van der Waals surface area (Å²) in [4.78, 5) is 43.3. The second kappa shape index (κ2) is 6.94. The number of urea groups is 1. The van der Waals surface area contributed by atoms with Gasteiger partial charge in [0, 0.05) is 46.3 Å². The fraction of sp³-hybridized carbons (Fsp3) is 0.562. The second-order valence-electron chi connectivity index (χ2n) is 6.13. The highest BCUT2D eigenvalue weighted by Crippen LogP contribution is 2.11. The first-order chi connectivity index (χ1) is 11.6. The maximum absolute atomic E-state index is 12.5. The van der Waals surface area contributed by atoms with Gasteiger partial charge in [-0.2, -0.15) is 0 Å². The zero-order valence-corrected chi connectivity index (χ0v) is 13.8. The van der Waals surface area contributed by atoms with Crippen LogP contribution in [0.25, 0.3) is 0 Å². The molecule has 0 atom stereocenters. The first kappa shape index (κ1) is 16.4. The maximum atomic E-state index is 12.5. The van der Waals surface area contributed by atoms with Crippen molar-refractivity contribution in [2.45, 2.75) is 6.42 Å². The number of hydrogen-bond acceptors (Lipinski definition) is 4. The first-order valence-corrected chi connectivity index (χ1v) is 8.17. The molecule has 0 radical (unpaired) electrons. The van der Waals surface area contributed by atoms with Crippen LogP contribution in [0.3, 0.4) is 0 Å². The summed E-state index contributed by atoms with van der Waals surface area (Å²) >= 11 is 0. The molecule has 0 aliphatic carbocycles. The molecule has 2 saturated heterocycles. The Kier molecular flexibility index (Phi) is 4.73. The van der Waals surface area contributed by atoms with Gasteiger partial charge in [-0.3, -0.25) is 9.59 Å². The molecule has 2 aliphatic heterocycles. The van der Waals surface area contributed by atoms with E-state index in [1.807, 2.05) is 0 Å². The molecule has 24 heavy (non-hydrogen) atoms. The van der Waals surface area contributed by atoms with Crippen LogP contribution in [0.15, 0.2) is 22.8 Å². The molecular formula is C16H22N4O4. The van der Waals surface area contributed by atoms with Gasteiger partial charge in [0.1, 0.15) is 6.54 Å². The van der Waals surface area contributed by atoms with Gasteiger partial charge in [0.15, 0.2) is 5.76 Å². The Morgan fingerprint density at radius 3 is 2.50 bits per heavy atom. The highest BCUT2D eigenvalue weighted by atomic mass is 16.3. The summed E-state index contributed by atoms with van der Waals surface area (Å²) in [5.74, 6) is 0.108. The van der Waals surface area contributed by atoms with Crippen molar-refractivity contribution < 1.29 is 18.8 Å². The second-order valence-corrected chi connectivity index (χ2v) is 6.13. The number of amides is 4. The first-order valence-electron chi connectivity index (χ1n) is 8.17. The van der Waals surface area contributed by atoms with E-state index < -0.39 is 0 Å². The average Bonchev–Trinajstić information content (AvgIpc) is 3.13. The van der Waals surface area contributed by atoms with Crippen LogP contribution in [-0.4, -0.2) is 90.3 Å². The predicted molar refractivity (Wildman–Crippen MR) is 85.4 cm³/mol. The lowest BCUT2D eigenvalue weighted by atomic mass is 10.3. The largest absolute Gasteiger partial charge is 0.459 e. The monoisotopic (exact) mass is 334 g/mol. The number of nitrogens with zero attached hydrogens (tertiary/aromatic N) is 4. The van der Waals surface area contributed by atoms with Crippen LogP contribution in [0.4, 0.5) is 4.79 Å². The summed E-state index contributed by atoms with van der Waals surface area (Å²) in [6.45, 7) is 3.47. The number of likely N-dealkylation sites (N-methyl/N-ethyl adjacent to an activating group) is 1. The van der Waals surface area contributed by atoms with E-state index >= 15 is 0 Å². The van der Waals surface area contributed by atoms with Crippen LogP contribution >= 0.6 is 0 Å². The van der Waals surface area contributed by atoms with Gasteiger partial charge in [-0.15, -0.1) is 0 Å². The zero-order chi connectivity index (χ0) is 17.1. The van der Waals surface area contributed by atoms with Crippen molar-refractivity contribution in [3.05, 3.63) is 24.2 Å². The van der Waals surface area contributed by atoms with Crippen molar-refractivity contribution >= 4 is 17.8 Å². The Hall–Kier alpha value is -2.51. The predicted octanol–water partition coefficient (Wildman–Crippen LogP) is 0.322. The normalized spacial score (nSPS) is 19.0. The lowest BCUT2D eigenvalue weighted by Crippen LogP contribution is -2.43. The van der Waals surface area contributed by atoms with Crippen LogP contribution in [0, 0.1) is 0 Å². The van der Waals surface area contributed by atoms with E-state index in [2.05, 4.69) is 0 Å². The number of furan rings is 1. The van der Waals surface area contributed by atoms with Gasteiger partial charge in [0.05, 0.1) is 6.26 Å². The van der Waals surface area contributed by atoms with Gasteiger partial charge < -0.3 is 24.0 Å². The third-order valence-electron chi connectivity index (χ3n) is 4.50. The third kappa shape index (κ3) is 3.37. The number of carbonyl (C=O) groups excluding carboxylic acids is 3. The van der Waals surface area contributed by atoms with Crippen molar-refractivity contribution in [1.29, 1.82) is 0 Å². The summed E-state index contributed by atoms with van der Waals surface area (Å²) in [5, 5.41) is 0. The molecule has 8 heteroatoms. The zero-order valence-electron chi connectivity index (χ0n) is 13.8. The minimum absolute atomic E-state index is 0.0639. The summed E-state index contributed by atoms with van der Waals surface area (Å²) in [7, 11) is 1.73. The van der Waals surface area contributed by atoms with Gasteiger partial charge in [-0.1, -0.05) is 0 Å². The van der Waals surface area contributed by atoms with Crippen molar-refractivity contribution in [1.82, 2.24) is 19.6 Å². The van der Waals surface area contributed by atoms with E-state index in [0.29, 0.717) is 51.4 Å². The standard InChI is InChI=1S/C16H22N4O4/c1-17-7-8-20(16(17)23)12-14(21)18-5-3-6-19(10-9-18)15(22)13-4-2-11-24-13/h2,4,11H,3,5-10,12H2,1H3. The van der Waals surface area contributed by atoms with Crippen LogP contribution < -0.4 is 0 Å². The molecule has 2 fully saturated rings. The molecule has 8 nitrogen and oxygen atoms in total. The molecule has 2 aliphatic rings. The molecule has 0 N–H and O–H groups in total. The summed E-state index contributed by atoms with van der Waals surface area (Å²) < 4.78 is 5.15. The Morgan fingerprint density at radius 1 is 1.08 bits per heavy atom. The number of rotatable bonds is 3. The van der Waals surface area contributed by atoms with Gasteiger partial charge >= 0.3 is 6.03 Å².